The summed E-state index contributed by atoms with van der Waals surface area (Å²) in [5, 5.41) is 10.4. The van der Waals surface area contributed by atoms with E-state index in [1.807, 2.05) is 60.7 Å². The maximum atomic E-state index is 13.5. The molecule has 0 spiro atoms. The first kappa shape index (κ1) is 29.5. The highest BCUT2D eigenvalue weighted by molar-refractivity contribution is 6.11. The van der Waals surface area contributed by atoms with Crippen LogP contribution in [0.4, 0.5) is 5.69 Å². The molecule has 4 N–H and O–H groups in total. The van der Waals surface area contributed by atoms with Gasteiger partial charge in [-0.05, 0) is 64.7 Å². The molecular formula is C36H29N3O5. The van der Waals surface area contributed by atoms with Crippen LogP contribution in [-0.2, 0) is 22.7 Å². The lowest BCUT2D eigenvalue weighted by molar-refractivity contribution is 0.0471. The van der Waals surface area contributed by atoms with E-state index in [1.165, 1.54) is 6.07 Å². The molecule has 0 aliphatic carbocycles. The zero-order chi connectivity index (χ0) is 30.9. The quantitative estimate of drug-likeness (QED) is 0.0964. The zero-order valence-corrected chi connectivity index (χ0v) is 23.7. The van der Waals surface area contributed by atoms with Gasteiger partial charge in [-0.25, -0.2) is 9.59 Å². The Hall–Kier alpha value is -6.02. The maximum absolute atomic E-state index is 13.5. The van der Waals surface area contributed by atoms with Crippen molar-refractivity contribution >= 4 is 29.4 Å². The van der Waals surface area contributed by atoms with E-state index in [0.29, 0.717) is 27.9 Å². The van der Waals surface area contributed by atoms with E-state index in [9.17, 15) is 14.4 Å². The second-order valence-corrected chi connectivity index (χ2v) is 9.87. The van der Waals surface area contributed by atoms with Gasteiger partial charge < -0.3 is 20.5 Å². The number of anilines is 1. The van der Waals surface area contributed by atoms with Crippen molar-refractivity contribution in [2.45, 2.75) is 13.2 Å². The fraction of sp³-hybridized carbons (Fsp3) is 0.0556. The minimum atomic E-state index is -0.656. The number of hydrogen-bond acceptors (Lipinski definition) is 6. The standard InChI is InChI=1S/C36H29N3O5/c37-33(38)26-15-18-28(19-16-26)39-34(40)31-14-8-7-13-29(31)30-20-17-27(35(41)43-22-24-9-3-1-4-10-24)21-32(30)36(42)44-23-25-11-5-2-6-12-25/h1-21H,22-23H2,(H3,37,38)(H,39,40). The van der Waals surface area contributed by atoms with Crippen molar-refractivity contribution in [2.75, 3.05) is 5.32 Å². The number of esters is 2. The first-order valence-corrected chi connectivity index (χ1v) is 13.8. The lowest BCUT2D eigenvalue weighted by Crippen LogP contribution is -2.15. The van der Waals surface area contributed by atoms with Crippen molar-refractivity contribution in [3.8, 4) is 11.1 Å². The number of amidine groups is 1. The SMILES string of the molecule is N=C(N)c1ccc(NC(=O)c2ccccc2-c2ccc(C(=O)OCc3ccccc3)cc2C(=O)OCc2ccccc2)cc1. The van der Waals surface area contributed by atoms with Gasteiger partial charge in [0.15, 0.2) is 0 Å². The van der Waals surface area contributed by atoms with Crippen LogP contribution >= 0.6 is 0 Å². The van der Waals surface area contributed by atoms with Crippen molar-refractivity contribution in [1.82, 2.24) is 0 Å². The number of nitrogens with one attached hydrogen (secondary N) is 2. The molecule has 5 rings (SSSR count). The number of ether oxygens (including phenoxy) is 2. The lowest BCUT2D eigenvalue weighted by atomic mass is 9.93. The van der Waals surface area contributed by atoms with Crippen LogP contribution in [0.15, 0.2) is 127 Å². The zero-order valence-electron chi connectivity index (χ0n) is 23.7. The van der Waals surface area contributed by atoms with Crippen molar-refractivity contribution < 1.29 is 23.9 Å². The molecule has 0 fully saturated rings. The molecule has 1 amide bonds. The highest BCUT2D eigenvalue weighted by Gasteiger charge is 2.22. The molecule has 0 aromatic heterocycles. The van der Waals surface area contributed by atoms with Crippen LogP contribution in [0.2, 0.25) is 0 Å². The number of rotatable bonds is 10. The summed E-state index contributed by atoms with van der Waals surface area (Å²) in [4.78, 5) is 40.0. The second-order valence-electron chi connectivity index (χ2n) is 9.87. The van der Waals surface area contributed by atoms with Crippen molar-refractivity contribution in [2.24, 2.45) is 5.73 Å². The maximum Gasteiger partial charge on any atom is 0.339 e. The van der Waals surface area contributed by atoms with Gasteiger partial charge in [-0.3, -0.25) is 10.2 Å². The smallest absolute Gasteiger partial charge is 0.339 e. The Labute approximate surface area is 254 Å². The van der Waals surface area contributed by atoms with Gasteiger partial charge >= 0.3 is 11.9 Å². The van der Waals surface area contributed by atoms with E-state index in [-0.39, 0.29) is 30.2 Å². The molecule has 44 heavy (non-hydrogen) atoms. The van der Waals surface area contributed by atoms with Crippen LogP contribution in [0.25, 0.3) is 11.1 Å². The average Bonchev–Trinajstić information content (AvgIpc) is 3.07. The Morgan fingerprint density at radius 1 is 0.591 bits per heavy atom. The van der Waals surface area contributed by atoms with Crippen molar-refractivity contribution in [3.05, 3.63) is 161 Å². The monoisotopic (exact) mass is 583 g/mol. The summed E-state index contributed by atoms with van der Waals surface area (Å²) in [7, 11) is 0. The summed E-state index contributed by atoms with van der Waals surface area (Å²) in [6.45, 7) is 0.103. The normalized spacial score (nSPS) is 10.5. The van der Waals surface area contributed by atoms with E-state index in [0.717, 1.165) is 11.1 Å². The Bertz CT molecular complexity index is 1800. The van der Waals surface area contributed by atoms with Gasteiger partial charge in [-0.1, -0.05) is 84.9 Å². The molecule has 0 saturated heterocycles. The predicted molar refractivity (Wildman–Crippen MR) is 168 cm³/mol. The van der Waals surface area contributed by atoms with Crippen LogP contribution in [-0.4, -0.2) is 23.7 Å². The summed E-state index contributed by atoms with van der Waals surface area (Å²) in [6.07, 6.45) is 0. The highest BCUT2D eigenvalue weighted by Crippen LogP contribution is 2.30. The van der Waals surface area contributed by atoms with E-state index < -0.39 is 17.8 Å². The molecule has 5 aromatic rings. The van der Waals surface area contributed by atoms with Crippen LogP contribution in [0.5, 0.6) is 0 Å². The van der Waals surface area contributed by atoms with E-state index in [1.54, 1.807) is 60.7 Å². The molecule has 0 bridgehead atoms. The van der Waals surface area contributed by atoms with Gasteiger partial charge in [-0.2, -0.15) is 0 Å². The number of hydrogen-bond donors (Lipinski definition) is 3. The molecule has 0 aliphatic rings. The van der Waals surface area contributed by atoms with Gasteiger partial charge in [-0.15, -0.1) is 0 Å². The molecule has 0 radical (unpaired) electrons. The number of carbonyl (C=O) groups excluding carboxylic acids is 3. The number of nitrogen functional groups attached to an aromatic ring is 1. The van der Waals surface area contributed by atoms with Gasteiger partial charge in [0.25, 0.3) is 5.91 Å². The Balaban J connectivity index is 1.46. The molecule has 0 aliphatic heterocycles. The first-order valence-electron chi connectivity index (χ1n) is 13.8. The molecule has 0 atom stereocenters. The minimum absolute atomic E-state index is 0.0280. The average molecular weight is 584 g/mol. The molecule has 8 heteroatoms. The minimum Gasteiger partial charge on any atom is -0.457 e. The molecular weight excluding hydrogens is 554 g/mol. The fourth-order valence-corrected chi connectivity index (χ4v) is 4.53. The van der Waals surface area contributed by atoms with Crippen molar-refractivity contribution in [1.29, 1.82) is 5.41 Å². The van der Waals surface area contributed by atoms with Gasteiger partial charge in [0.1, 0.15) is 19.0 Å². The molecule has 218 valence electrons. The molecule has 0 unspecified atom stereocenters. The Kier molecular flexibility index (Phi) is 9.22. The summed E-state index contributed by atoms with van der Waals surface area (Å²) in [5.41, 5.74) is 9.69. The number of nitrogens with two attached hydrogens (primary N) is 1. The molecule has 0 heterocycles. The lowest BCUT2D eigenvalue weighted by Gasteiger charge is -2.15. The molecule has 8 nitrogen and oxygen atoms in total. The van der Waals surface area contributed by atoms with Crippen LogP contribution in [0, 0.1) is 5.41 Å². The topological polar surface area (TPSA) is 132 Å². The number of benzene rings is 5. The van der Waals surface area contributed by atoms with Crippen molar-refractivity contribution in [3.63, 3.8) is 0 Å². The summed E-state index contributed by atoms with van der Waals surface area (Å²) < 4.78 is 11.1. The third-order valence-corrected chi connectivity index (χ3v) is 6.82. The third kappa shape index (κ3) is 7.24. The molecule has 5 aromatic carbocycles. The number of amides is 1. The van der Waals surface area contributed by atoms with Gasteiger partial charge in [0.2, 0.25) is 0 Å². The van der Waals surface area contributed by atoms with E-state index in [4.69, 9.17) is 20.6 Å². The third-order valence-electron chi connectivity index (χ3n) is 6.82. The predicted octanol–water partition coefficient (Wildman–Crippen LogP) is 6.60. The summed E-state index contributed by atoms with van der Waals surface area (Å²) in [6, 6.07) is 36.6. The fourth-order valence-electron chi connectivity index (χ4n) is 4.53. The largest absolute Gasteiger partial charge is 0.457 e. The summed E-state index contributed by atoms with van der Waals surface area (Å²) in [5.74, 6) is -1.74. The second kappa shape index (κ2) is 13.8. The number of carbonyl (C=O) groups is 3. The van der Waals surface area contributed by atoms with Gasteiger partial charge in [0, 0.05) is 16.8 Å². The molecule has 0 saturated carbocycles. The summed E-state index contributed by atoms with van der Waals surface area (Å²) >= 11 is 0. The van der Waals surface area contributed by atoms with Crippen LogP contribution < -0.4 is 11.1 Å². The van der Waals surface area contributed by atoms with E-state index in [2.05, 4.69) is 5.32 Å². The van der Waals surface area contributed by atoms with E-state index >= 15 is 0 Å². The van der Waals surface area contributed by atoms with Gasteiger partial charge in [0.05, 0.1) is 11.1 Å². The Morgan fingerprint density at radius 3 is 1.73 bits per heavy atom. The van der Waals surface area contributed by atoms with Crippen LogP contribution in [0.1, 0.15) is 47.8 Å². The highest BCUT2D eigenvalue weighted by atomic mass is 16.5. The first-order chi connectivity index (χ1) is 21.4. The van der Waals surface area contributed by atoms with Crippen LogP contribution in [0.3, 0.4) is 0 Å². The Morgan fingerprint density at radius 2 is 1.11 bits per heavy atom.